The number of carbonyl (C=O) groups is 1. The molecule has 0 bridgehead atoms. The molecule has 2 rings (SSSR count). The summed E-state index contributed by atoms with van der Waals surface area (Å²) < 4.78 is 0. The molecule has 0 spiro atoms. The highest BCUT2D eigenvalue weighted by Gasteiger charge is 2.16. The summed E-state index contributed by atoms with van der Waals surface area (Å²) >= 11 is 0. The van der Waals surface area contributed by atoms with Gasteiger partial charge in [-0.2, -0.15) is 5.10 Å². The SMILES string of the molecule is CC(NC(=O)c1c[nH]c(=O)[nH]c1=O)c1ncn[nH]1. The monoisotopic (exact) mass is 250 g/mol. The van der Waals surface area contributed by atoms with Crippen LogP contribution in [0.1, 0.15) is 29.1 Å². The molecule has 9 heteroatoms. The van der Waals surface area contributed by atoms with Gasteiger partial charge in [0.2, 0.25) is 0 Å². The van der Waals surface area contributed by atoms with E-state index >= 15 is 0 Å². The molecule has 18 heavy (non-hydrogen) atoms. The quantitative estimate of drug-likeness (QED) is 0.535. The first kappa shape index (κ1) is 11.8. The molecule has 0 aromatic carbocycles. The molecule has 1 atom stereocenters. The largest absolute Gasteiger partial charge is 0.342 e. The molecule has 0 aliphatic rings. The van der Waals surface area contributed by atoms with E-state index in [1.165, 1.54) is 6.33 Å². The Morgan fingerprint density at radius 2 is 2.22 bits per heavy atom. The molecule has 0 aliphatic carbocycles. The summed E-state index contributed by atoms with van der Waals surface area (Å²) in [5, 5.41) is 8.79. The van der Waals surface area contributed by atoms with Gasteiger partial charge in [0.05, 0.1) is 6.04 Å². The highest BCUT2D eigenvalue weighted by Crippen LogP contribution is 2.04. The van der Waals surface area contributed by atoms with Crippen molar-refractivity contribution in [2.45, 2.75) is 13.0 Å². The standard InChI is InChI=1S/C9H10N6O3/c1-4(6-11-3-12-15-6)13-7(16)5-2-10-9(18)14-8(5)17/h2-4H,1H3,(H,13,16)(H,11,12,15)(H2,10,14,17,18). The van der Waals surface area contributed by atoms with Gasteiger partial charge in [-0.1, -0.05) is 0 Å². The summed E-state index contributed by atoms with van der Waals surface area (Å²) in [6.45, 7) is 1.68. The van der Waals surface area contributed by atoms with E-state index in [1.807, 2.05) is 4.98 Å². The third kappa shape index (κ3) is 2.34. The van der Waals surface area contributed by atoms with Gasteiger partial charge < -0.3 is 10.3 Å². The van der Waals surface area contributed by atoms with E-state index in [-0.39, 0.29) is 5.56 Å². The van der Waals surface area contributed by atoms with Crippen molar-refractivity contribution in [3.8, 4) is 0 Å². The number of nitrogens with zero attached hydrogens (tertiary/aromatic N) is 2. The minimum atomic E-state index is -0.749. The fraction of sp³-hybridized carbons (Fsp3) is 0.222. The summed E-state index contributed by atoms with van der Waals surface area (Å²) in [6, 6.07) is -0.439. The van der Waals surface area contributed by atoms with Crippen LogP contribution in [-0.2, 0) is 0 Å². The lowest BCUT2D eigenvalue weighted by Crippen LogP contribution is -2.34. The van der Waals surface area contributed by atoms with Crippen molar-refractivity contribution >= 4 is 5.91 Å². The van der Waals surface area contributed by atoms with E-state index in [2.05, 4.69) is 25.5 Å². The molecule has 2 aromatic rings. The van der Waals surface area contributed by atoms with E-state index in [4.69, 9.17) is 0 Å². The first-order valence-electron chi connectivity index (χ1n) is 5.06. The zero-order chi connectivity index (χ0) is 13.1. The lowest BCUT2D eigenvalue weighted by molar-refractivity contribution is 0.0936. The smallest absolute Gasteiger partial charge is 0.325 e. The summed E-state index contributed by atoms with van der Waals surface area (Å²) in [7, 11) is 0. The fourth-order valence-electron chi connectivity index (χ4n) is 1.34. The number of rotatable bonds is 3. The first-order chi connectivity index (χ1) is 8.58. The third-order valence-electron chi connectivity index (χ3n) is 2.26. The lowest BCUT2D eigenvalue weighted by atomic mass is 10.2. The van der Waals surface area contributed by atoms with Gasteiger partial charge >= 0.3 is 5.69 Å². The van der Waals surface area contributed by atoms with Gasteiger partial charge in [-0.25, -0.2) is 9.78 Å². The highest BCUT2D eigenvalue weighted by atomic mass is 16.2. The predicted octanol–water partition coefficient (Wildman–Crippen LogP) is -1.33. The Kier molecular flexibility index (Phi) is 3.04. The molecule has 0 fully saturated rings. The molecule has 0 aliphatic heterocycles. The molecule has 0 saturated carbocycles. The zero-order valence-corrected chi connectivity index (χ0v) is 9.35. The Morgan fingerprint density at radius 1 is 1.44 bits per heavy atom. The van der Waals surface area contributed by atoms with E-state index in [1.54, 1.807) is 6.92 Å². The second-order valence-corrected chi connectivity index (χ2v) is 3.55. The van der Waals surface area contributed by atoms with E-state index in [9.17, 15) is 14.4 Å². The Bertz CT molecular complexity index is 655. The van der Waals surface area contributed by atoms with Crippen LogP contribution in [0.4, 0.5) is 0 Å². The Morgan fingerprint density at radius 3 is 2.83 bits per heavy atom. The van der Waals surface area contributed by atoms with Crippen molar-refractivity contribution in [1.82, 2.24) is 30.5 Å². The predicted molar refractivity (Wildman–Crippen MR) is 59.9 cm³/mol. The van der Waals surface area contributed by atoms with Gasteiger partial charge in [0.25, 0.3) is 11.5 Å². The third-order valence-corrected chi connectivity index (χ3v) is 2.26. The first-order valence-corrected chi connectivity index (χ1v) is 5.06. The van der Waals surface area contributed by atoms with Crippen LogP contribution in [0.5, 0.6) is 0 Å². The van der Waals surface area contributed by atoms with Crippen LogP contribution in [0.15, 0.2) is 22.1 Å². The Labute approximate surface area is 99.7 Å². The van der Waals surface area contributed by atoms with Crippen molar-refractivity contribution in [3.63, 3.8) is 0 Å². The van der Waals surface area contributed by atoms with Crippen molar-refractivity contribution < 1.29 is 4.79 Å². The van der Waals surface area contributed by atoms with E-state index < -0.39 is 23.2 Å². The molecule has 2 aromatic heterocycles. The van der Waals surface area contributed by atoms with Gasteiger partial charge in [0, 0.05) is 6.20 Å². The highest BCUT2D eigenvalue weighted by molar-refractivity contribution is 5.93. The molecule has 2 heterocycles. The number of nitrogens with one attached hydrogen (secondary N) is 4. The zero-order valence-electron chi connectivity index (χ0n) is 9.35. The number of aromatic nitrogens is 5. The summed E-state index contributed by atoms with van der Waals surface area (Å²) in [6.07, 6.45) is 2.37. The van der Waals surface area contributed by atoms with Crippen molar-refractivity contribution in [2.75, 3.05) is 0 Å². The number of carbonyl (C=O) groups excluding carboxylic acids is 1. The molecule has 9 nitrogen and oxygen atoms in total. The molecule has 4 N–H and O–H groups in total. The van der Waals surface area contributed by atoms with Gasteiger partial charge in [0.1, 0.15) is 17.7 Å². The number of amides is 1. The van der Waals surface area contributed by atoms with Crippen molar-refractivity contribution in [3.05, 3.63) is 44.8 Å². The minimum absolute atomic E-state index is 0.180. The van der Waals surface area contributed by atoms with Crippen LogP contribution in [0.2, 0.25) is 0 Å². The van der Waals surface area contributed by atoms with Gasteiger partial charge in [-0.3, -0.25) is 19.7 Å². The summed E-state index contributed by atoms with van der Waals surface area (Å²) in [5.74, 6) is -0.152. The molecular weight excluding hydrogens is 240 g/mol. The molecule has 1 amide bonds. The van der Waals surface area contributed by atoms with Gasteiger partial charge in [-0.05, 0) is 6.92 Å². The van der Waals surface area contributed by atoms with Crippen molar-refractivity contribution in [2.24, 2.45) is 0 Å². The van der Waals surface area contributed by atoms with Crippen LogP contribution < -0.4 is 16.6 Å². The average molecular weight is 250 g/mol. The number of hydrogen-bond donors (Lipinski definition) is 4. The van der Waals surface area contributed by atoms with E-state index in [0.29, 0.717) is 5.82 Å². The van der Waals surface area contributed by atoms with Crippen LogP contribution >= 0.6 is 0 Å². The number of hydrogen-bond acceptors (Lipinski definition) is 5. The van der Waals surface area contributed by atoms with Crippen molar-refractivity contribution in [1.29, 1.82) is 0 Å². The maximum absolute atomic E-state index is 11.8. The van der Waals surface area contributed by atoms with Crippen LogP contribution in [0.3, 0.4) is 0 Å². The van der Waals surface area contributed by atoms with Gasteiger partial charge in [0.15, 0.2) is 0 Å². The molecule has 1 unspecified atom stereocenters. The Hall–Kier alpha value is -2.71. The molecule has 94 valence electrons. The molecule has 0 radical (unpaired) electrons. The molecule has 0 saturated heterocycles. The number of aromatic amines is 3. The summed E-state index contributed by atoms with van der Waals surface area (Å²) in [4.78, 5) is 42.0. The minimum Gasteiger partial charge on any atom is -0.342 e. The average Bonchev–Trinajstić information content (AvgIpc) is 2.81. The van der Waals surface area contributed by atoms with E-state index in [0.717, 1.165) is 6.20 Å². The fourth-order valence-corrected chi connectivity index (χ4v) is 1.34. The normalized spacial score (nSPS) is 12.1. The summed E-state index contributed by atoms with van der Waals surface area (Å²) in [5.41, 5.74) is -1.60. The van der Waals surface area contributed by atoms with Crippen LogP contribution in [0, 0.1) is 0 Å². The Balaban J connectivity index is 2.17. The maximum Gasteiger partial charge on any atom is 0.325 e. The maximum atomic E-state index is 11.8. The second kappa shape index (κ2) is 4.65. The van der Waals surface area contributed by atoms with Crippen LogP contribution in [-0.4, -0.2) is 31.1 Å². The lowest BCUT2D eigenvalue weighted by Gasteiger charge is -2.09. The van der Waals surface area contributed by atoms with Gasteiger partial charge in [-0.15, -0.1) is 0 Å². The molecular formula is C9H10N6O3. The topological polar surface area (TPSA) is 136 Å². The number of H-pyrrole nitrogens is 3. The second-order valence-electron chi connectivity index (χ2n) is 3.55. The van der Waals surface area contributed by atoms with Crippen LogP contribution in [0.25, 0.3) is 0 Å².